The van der Waals surface area contributed by atoms with Crippen LogP contribution in [0, 0.1) is 0 Å². The van der Waals surface area contributed by atoms with E-state index >= 15 is 0 Å². The summed E-state index contributed by atoms with van der Waals surface area (Å²) in [5, 5.41) is 13.4. The second kappa shape index (κ2) is 10.6. The molecule has 1 rings (SSSR count). The molecule has 11 nitrogen and oxygen atoms in total. The molecule has 0 aromatic heterocycles. The van der Waals surface area contributed by atoms with E-state index in [0.717, 1.165) is 5.56 Å². The molecule has 4 amide bonds. The molecule has 0 heterocycles. The van der Waals surface area contributed by atoms with Crippen LogP contribution in [0.2, 0.25) is 0 Å². The number of primary amides is 2. The van der Waals surface area contributed by atoms with Crippen LogP contribution in [-0.2, 0) is 30.4 Å². The largest absolute Gasteiger partial charge is 0.480 e. The molecule has 0 radical (unpaired) electrons. The number of amides is 4. The van der Waals surface area contributed by atoms with Crippen LogP contribution in [0.15, 0.2) is 30.3 Å². The van der Waals surface area contributed by atoms with Crippen LogP contribution < -0.4 is 27.8 Å². The minimum absolute atomic E-state index is 0.178. The second-order valence-corrected chi connectivity index (χ2v) is 6.10. The lowest BCUT2D eigenvalue weighted by atomic mass is 10.0. The summed E-state index contributed by atoms with van der Waals surface area (Å²) < 4.78 is 0. The summed E-state index contributed by atoms with van der Waals surface area (Å²) >= 11 is 0. The van der Waals surface area contributed by atoms with Gasteiger partial charge in [-0.05, 0) is 12.0 Å². The molecule has 152 valence electrons. The van der Waals surface area contributed by atoms with Gasteiger partial charge in [-0.3, -0.25) is 19.2 Å². The molecule has 0 aliphatic rings. The zero-order valence-electron chi connectivity index (χ0n) is 15.0. The molecule has 0 saturated carbocycles. The fourth-order valence-electron chi connectivity index (χ4n) is 2.32. The van der Waals surface area contributed by atoms with Gasteiger partial charge in [-0.2, -0.15) is 0 Å². The highest BCUT2D eigenvalue weighted by Crippen LogP contribution is 2.03. The number of hydrogen-bond acceptors (Lipinski definition) is 6. The lowest BCUT2D eigenvalue weighted by Crippen LogP contribution is -2.56. The molecule has 9 N–H and O–H groups in total. The maximum Gasteiger partial charge on any atom is 0.326 e. The Hall–Kier alpha value is -3.47. The van der Waals surface area contributed by atoms with Crippen molar-refractivity contribution in [2.45, 2.75) is 37.4 Å². The normalized spacial score (nSPS) is 13.6. The van der Waals surface area contributed by atoms with Crippen molar-refractivity contribution in [2.75, 3.05) is 0 Å². The third-order valence-corrected chi connectivity index (χ3v) is 3.69. The molecule has 28 heavy (non-hydrogen) atoms. The Morgan fingerprint density at radius 1 is 0.857 bits per heavy atom. The molecule has 0 aliphatic heterocycles. The molecule has 3 atom stereocenters. The average Bonchev–Trinajstić information content (AvgIpc) is 2.60. The smallest absolute Gasteiger partial charge is 0.326 e. The Morgan fingerprint density at radius 2 is 1.36 bits per heavy atom. The summed E-state index contributed by atoms with van der Waals surface area (Å²) in [5.74, 6) is -5.09. The molecule has 11 heteroatoms. The van der Waals surface area contributed by atoms with Crippen LogP contribution in [0.5, 0.6) is 0 Å². The number of carbonyl (C=O) groups is 5. The van der Waals surface area contributed by atoms with Crippen molar-refractivity contribution in [1.29, 1.82) is 0 Å². The molecule has 0 bridgehead atoms. The zero-order valence-corrected chi connectivity index (χ0v) is 15.0. The Labute approximate surface area is 160 Å². The van der Waals surface area contributed by atoms with Crippen LogP contribution in [-0.4, -0.2) is 52.8 Å². The van der Waals surface area contributed by atoms with Gasteiger partial charge in [-0.1, -0.05) is 30.3 Å². The number of benzene rings is 1. The monoisotopic (exact) mass is 393 g/mol. The second-order valence-electron chi connectivity index (χ2n) is 6.10. The predicted molar refractivity (Wildman–Crippen MR) is 97.2 cm³/mol. The number of hydrogen-bond donors (Lipinski definition) is 6. The molecule has 0 spiro atoms. The van der Waals surface area contributed by atoms with Gasteiger partial charge in [0, 0.05) is 0 Å². The summed E-state index contributed by atoms with van der Waals surface area (Å²) in [4.78, 5) is 57.9. The maximum absolute atomic E-state index is 12.3. The lowest BCUT2D eigenvalue weighted by molar-refractivity contribution is -0.143. The van der Waals surface area contributed by atoms with E-state index in [-0.39, 0.29) is 6.42 Å². The minimum Gasteiger partial charge on any atom is -0.480 e. The first-order valence-corrected chi connectivity index (χ1v) is 8.29. The van der Waals surface area contributed by atoms with E-state index in [9.17, 15) is 24.0 Å². The van der Waals surface area contributed by atoms with E-state index in [2.05, 4.69) is 5.32 Å². The third kappa shape index (κ3) is 7.83. The summed E-state index contributed by atoms with van der Waals surface area (Å²) in [6.07, 6.45) is -1.07. The van der Waals surface area contributed by atoms with Gasteiger partial charge in [0.15, 0.2) is 0 Å². The highest BCUT2D eigenvalue weighted by atomic mass is 16.4. The van der Waals surface area contributed by atoms with Gasteiger partial charge in [0.1, 0.15) is 12.1 Å². The quantitative estimate of drug-likeness (QED) is 0.235. The minimum atomic E-state index is -1.62. The van der Waals surface area contributed by atoms with E-state index in [1.807, 2.05) is 5.32 Å². The summed E-state index contributed by atoms with van der Waals surface area (Å²) in [7, 11) is 0. The van der Waals surface area contributed by atoms with Gasteiger partial charge in [-0.25, -0.2) is 4.79 Å². The molecular weight excluding hydrogens is 370 g/mol. The first-order chi connectivity index (χ1) is 13.1. The van der Waals surface area contributed by atoms with Crippen molar-refractivity contribution in [1.82, 2.24) is 10.6 Å². The van der Waals surface area contributed by atoms with Crippen molar-refractivity contribution in [2.24, 2.45) is 17.2 Å². The highest BCUT2D eigenvalue weighted by Gasteiger charge is 2.29. The fourth-order valence-corrected chi connectivity index (χ4v) is 2.32. The fraction of sp³-hybridized carbons (Fsp3) is 0.353. The van der Waals surface area contributed by atoms with Crippen molar-refractivity contribution < 1.29 is 29.1 Å². The zero-order chi connectivity index (χ0) is 21.3. The van der Waals surface area contributed by atoms with E-state index in [1.54, 1.807) is 30.3 Å². The highest BCUT2D eigenvalue weighted by molar-refractivity contribution is 5.95. The molecule has 0 fully saturated rings. The van der Waals surface area contributed by atoms with Gasteiger partial charge in [0.05, 0.1) is 18.9 Å². The number of rotatable bonds is 11. The predicted octanol–water partition coefficient (Wildman–Crippen LogP) is -2.64. The van der Waals surface area contributed by atoms with Gasteiger partial charge in [-0.15, -0.1) is 0 Å². The topological polar surface area (TPSA) is 208 Å². The van der Waals surface area contributed by atoms with Crippen LogP contribution >= 0.6 is 0 Å². The number of nitrogens with two attached hydrogens (primary N) is 3. The van der Waals surface area contributed by atoms with Crippen molar-refractivity contribution in [3.05, 3.63) is 35.9 Å². The first-order valence-electron chi connectivity index (χ1n) is 8.29. The maximum atomic E-state index is 12.3. The Bertz CT molecular complexity index is 739. The number of carbonyl (C=O) groups excluding carboxylic acids is 4. The van der Waals surface area contributed by atoms with Gasteiger partial charge in [0.25, 0.3) is 0 Å². The van der Waals surface area contributed by atoms with Gasteiger partial charge >= 0.3 is 5.97 Å². The Kier molecular flexibility index (Phi) is 8.56. The molecule has 3 unspecified atom stereocenters. The molecule has 1 aromatic carbocycles. The summed E-state index contributed by atoms with van der Waals surface area (Å²) in [5.41, 5.74) is 16.6. The third-order valence-electron chi connectivity index (χ3n) is 3.69. The lowest BCUT2D eigenvalue weighted by Gasteiger charge is -2.21. The molecule has 0 saturated heterocycles. The number of nitrogens with one attached hydrogen (secondary N) is 2. The van der Waals surface area contributed by atoms with Crippen LogP contribution in [0.1, 0.15) is 18.4 Å². The van der Waals surface area contributed by atoms with Gasteiger partial charge < -0.3 is 32.9 Å². The molecular formula is C17H23N5O6. The first kappa shape index (κ1) is 22.6. The summed E-state index contributed by atoms with van der Waals surface area (Å²) in [6.45, 7) is 0. The van der Waals surface area contributed by atoms with Crippen molar-refractivity contribution in [3.8, 4) is 0 Å². The van der Waals surface area contributed by atoms with Crippen LogP contribution in [0.4, 0.5) is 0 Å². The van der Waals surface area contributed by atoms with E-state index < -0.39 is 60.6 Å². The molecule has 0 aliphatic carbocycles. The van der Waals surface area contributed by atoms with E-state index in [4.69, 9.17) is 22.3 Å². The van der Waals surface area contributed by atoms with Crippen LogP contribution in [0.25, 0.3) is 0 Å². The average molecular weight is 393 g/mol. The number of carboxylic acid groups (broad SMARTS) is 1. The van der Waals surface area contributed by atoms with E-state index in [1.165, 1.54) is 0 Å². The Balaban J connectivity index is 2.81. The SMILES string of the molecule is NC(=O)CC(NC(=O)C(CC(N)=O)NC(=O)C(N)Cc1ccccc1)C(=O)O. The van der Waals surface area contributed by atoms with E-state index in [0.29, 0.717) is 0 Å². The number of carboxylic acids is 1. The van der Waals surface area contributed by atoms with Crippen molar-refractivity contribution in [3.63, 3.8) is 0 Å². The van der Waals surface area contributed by atoms with Crippen molar-refractivity contribution >= 4 is 29.6 Å². The number of aliphatic carboxylic acids is 1. The summed E-state index contributed by atoms with van der Waals surface area (Å²) in [6, 6.07) is 4.78. The Morgan fingerprint density at radius 3 is 1.86 bits per heavy atom. The standard InChI is InChI=1S/C17H23N5O6/c18-10(6-9-4-2-1-3-5-9)15(25)21-11(7-13(19)23)16(26)22-12(17(27)28)8-14(20)24/h1-5,10-12H,6-8,18H2,(H2,19,23)(H2,20,24)(H,21,25)(H,22,26)(H,27,28). The van der Waals surface area contributed by atoms with Crippen LogP contribution in [0.3, 0.4) is 0 Å². The molecule has 1 aromatic rings. The van der Waals surface area contributed by atoms with Gasteiger partial charge in [0.2, 0.25) is 23.6 Å².